The van der Waals surface area contributed by atoms with Gasteiger partial charge < -0.3 is 14.8 Å². The average molecular weight is 345 g/mol. The summed E-state index contributed by atoms with van der Waals surface area (Å²) in [6.07, 6.45) is 3.20. The first kappa shape index (κ1) is 16.5. The Morgan fingerprint density at radius 1 is 1.25 bits per heavy atom. The Balaban J connectivity index is 1.54. The standard InChI is InChI=1S/C18H19NO4S/c1-2-22-14-8-4-3-7-13(14)19-17(20)11-23-18(21)16-10-12-6-5-9-15(12)24-16/h3-4,7-8,10H,2,5-6,9,11H2,1H3,(H,19,20). The van der Waals surface area contributed by atoms with E-state index in [9.17, 15) is 9.59 Å². The lowest BCUT2D eigenvalue weighted by atomic mass is 10.2. The van der Waals surface area contributed by atoms with E-state index in [1.807, 2.05) is 19.1 Å². The van der Waals surface area contributed by atoms with E-state index in [2.05, 4.69) is 5.32 Å². The van der Waals surface area contributed by atoms with Gasteiger partial charge in [0.1, 0.15) is 10.6 Å². The molecule has 0 fully saturated rings. The second kappa shape index (κ2) is 7.49. The number of para-hydroxylation sites is 2. The largest absolute Gasteiger partial charge is 0.492 e. The van der Waals surface area contributed by atoms with Crippen LogP contribution in [-0.2, 0) is 22.4 Å². The van der Waals surface area contributed by atoms with Crippen molar-refractivity contribution in [1.82, 2.24) is 0 Å². The van der Waals surface area contributed by atoms with Crippen molar-refractivity contribution in [3.05, 3.63) is 45.6 Å². The highest BCUT2D eigenvalue weighted by molar-refractivity contribution is 7.14. The molecule has 1 aliphatic carbocycles. The number of amides is 1. The molecule has 1 aliphatic rings. The fourth-order valence-corrected chi connectivity index (χ4v) is 3.82. The van der Waals surface area contributed by atoms with Crippen molar-refractivity contribution in [2.24, 2.45) is 0 Å². The number of carbonyl (C=O) groups is 2. The summed E-state index contributed by atoms with van der Waals surface area (Å²) >= 11 is 1.47. The Kier molecular flexibility index (Phi) is 5.15. The first-order valence-electron chi connectivity index (χ1n) is 7.97. The van der Waals surface area contributed by atoms with E-state index in [0.717, 1.165) is 19.3 Å². The Bertz CT molecular complexity index is 732. The second-order valence-electron chi connectivity index (χ2n) is 5.47. The molecule has 0 unspecified atom stereocenters. The number of hydrogen-bond acceptors (Lipinski definition) is 5. The highest BCUT2D eigenvalue weighted by atomic mass is 32.1. The molecular weight excluding hydrogens is 326 g/mol. The van der Waals surface area contributed by atoms with E-state index in [4.69, 9.17) is 9.47 Å². The zero-order valence-electron chi connectivity index (χ0n) is 13.5. The summed E-state index contributed by atoms with van der Waals surface area (Å²) in [5, 5.41) is 2.70. The first-order chi connectivity index (χ1) is 11.7. The summed E-state index contributed by atoms with van der Waals surface area (Å²) in [5.41, 5.74) is 1.80. The maximum absolute atomic E-state index is 12.1. The summed E-state index contributed by atoms with van der Waals surface area (Å²) < 4.78 is 10.6. The molecule has 1 N–H and O–H groups in total. The van der Waals surface area contributed by atoms with Gasteiger partial charge in [-0.05, 0) is 49.9 Å². The molecule has 0 spiro atoms. The minimum atomic E-state index is -0.442. The number of aryl methyl sites for hydroxylation is 2. The van der Waals surface area contributed by atoms with Gasteiger partial charge in [-0.15, -0.1) is 11.3 Å². The number of benzene rings is 1. The van der Waals surface area contributed by atoms with Crippen molar-refractivity contribution >= 4 is 28.9 Å². The highest BCUT2D eigenvalue weighted by Crippen LogP contribution is 2.31. The molecule has 1 amide bonds. The van der Waals surface area contributed by atoms with Crippen molar-refractivity contribution in [2.75, 3.05) is 18.5 Å². The van der Waals surface area contributed by atoms with Crippen LogP contribution in [0.1, 0.15) is 33.5 Å². The molecule has 1 aromatic heterocycles. The number of fused-ring (bicyclic) bond motifs is 1. The maximum Gasteiger partial charge on any atom is 0.348 e. The number of hydrogen-bond donors (Lipinski definition) is 1. The van der Waals surface area contributed by atoms with E-state index < -0.39 is 5.97 Å². The summed E-state index contributed by atoms with van der Waals surface area (Å²) in [6.45, 7) is 2.06. The van der Waals surface area contributed by atoms with Gasteiger partial charge in [0.25, 0.3) is 5.91 Å². The van der Waals surface area contributed by atoms with Gasteiger partial charge in [-0.2, -0.15) is 0 Å². The fraction of sp³-hybridized carbons (Fsp3) is 0.333. The molecule has 3 rings (SSSR count). The zero-order valence-corrected chi connectivity index (χ0v) is 14.3. The number of rotatable bonds is 6. The average Bonchev–Trinajstić information content (AvgIpc) is 3.16. The molecule has 0 radical (unpaired) electrons. The van der Waals surface area contributed by atoms with Crippen LogP contribution in [0.5, 0.6) is 5.75 Å². The molecule has 0 saturated heterocycles. The lowest BCUT2D eigenvalue weighted by Crippen LogP contribution is -2.21. The van der Waals surface area contributed by atoms with E-state index >= 15 is 0 Å². The first-order valence-corrected chi connectivity index (χ1v) is 8.79. The van der Waals surface area contributed by atoms with Gasteiger partial charge in [0.05, 0.1) is 12.3 Å². The third-order valence-corrected chi connectivity index (χ3v) is 4.96. The van der Waals surface area contributed by atoms with Gasteiger partial charge in [0.15, 0.2) is 6.61 Å². The van der Waals surface area contributed by atoms with Crippen LogP contribution in [0.2, 0.25) is 0 Å². The van der Waals surface area contributed by atoms with Crippen LogP contribution < -0.4 is 10.1 Å². The van der Waals surface area contributed by atoms with Crippen molar-refractivity contribution in [3.63, 3.8) is 0 Å². The molecule has 2 aromatic rings. The van der Waals surface area contributed by atoms with Gasteiger partial charge in [0.2, 0.25) is 0 Å². The molecular formula is C18H19NO4S. The van der Waals surface area contributed by atoms with Crippen LogP contribution in [-0.4, -0.2) is 25.1 Å². The van der Waals surface area contributed by atoms with Gasteiger partial charge in [-0.25, -0.2) is 4.79 Å². The van der Waals surface area contributed by atoms with Gasteiger partial charge in [0, 0.05) is 4.88 Å². The van der Waals surface area contributed by atoms with Crippen molar-refractivity contribution in [2.45, 2.75) is 26.2 Å². The normalized spacial score (nSPS) is 12.5. The lowest BCUT2D eigenvalue weighted by Gasteiger charge is -2.11. The van der Waals surface area contributed by atoms with Crippen LogP contribution in [0.4, 0.5) is 5.69 Å². The highest BCUT2D eigenvalue weighted by Gasteiger charge is 2.20. The Labute approximate surface area is 144 Å². The van der Waals surface area contributed by atoms with E-state index in [1.165, 1.54) is 21.8 Å². The van der Waals surface area contributed by atoms with Gasteiger partial charge in [-0.1, -0.05) is 12.1 Å². The summed E-state index contributed by atoms with van der Waals surface area (Å²) in [5.74, 6) is -0.239. The number of anilines is 1. The summed E-state index contributed by atoms with van der Waals surface area (Å²) in [4.78, 5) is 25.9. The number of esters is 1. The third-order valence-electron chi connectivity index (χ3n) is 3.74. The predicted octanol–water partition coefficient (Wildman–Crippen LogP) is 3.43. The predicted molar refractivity (Wildman–Crippen MR) is 92.9 cm³/mol. The molecule has 1 heterocycles. The number of carbonyl (C=O) groups excluding carboxylic acids is 2. The number of ether oxygens (including phenoxy) is 2. The molecule has 0 bridgehead atoms. The van der Waals surface area contributed by atoms with Crippen molar-refractivity contribution in [1.29, 1.82) is 0 Å². The number of thiophene rings is 1. The summed E-state index contributed by atoms with van der Waals surface area (Å²) in [6, 6.07) is 9.04. The molecule has 0 atom stereocenters. The molecule has 5 nitrogen and oxygen atoms in total. The van der Waals surface area contributed by atoms with Crippen LogP contribution in [0, 0.1) is 0 Å². The molecule has 126 valence electrons. The van der Waals surface area contributed by atoms with Crippen LogP contribution >= 0.6 is 11.3 Å². The minimum absolute atomic E-state index is 0.318. The zero-order chi connectivity index (χ0) is 16.9. The van der Waals surface area contributed by atoms with E-state index in [1.54, 1.807) is 18.2 Å². The Hall–Kier alpha value is -2.34. The Morgan fingerprint density at radius 2 is 2.08 bits per heavy atom. The molecule has 1 aromatic carbocycles. The van der Waals surface area contributed by atoms with Crippen molar-refractivity contribution < 1.29 is 19.1 Å². The maximum atomic E-state index is 12.1. The topological polar surface area (TPSA) is 64.6 Å². The fourth-order valence-electron chi connectivity index (χ4n) is 2.67. The van der Waals surface area contributed by atoms with Crippen LogP contribution in [0.3, 0.4) is 0 Å². The number of nitrogens with one attached hydrogen (secondary N) is 1. The minimum Gasteiger partial charge on any atom is -0.492 e. The monoisotopic (exact) mass is 345 g/mol. The quantitative estimate of drug-likeness (QED) is 0.815. The van der Waals surface area contributed by atoms with Crippen LogP contribution in [0.15, 0.2) is 30.3 Å². The summed E-state index contributed by atoms with van der Waals surface area (Å²) in [7, 11) is 0. The molecule has 6 heteroatoms. The van der Waals surface area contributed by atoms with Crippen molar-refractivity contribution in [3.8, 4) is 5.75 Å². The smallest absolute Gasteiger partial charge is 0.348 e. The molecule has 0 saturated carbocycles. The van der Waals surface area contributed by atoms with E-state index in [0.29, 0.717) is 22.9 Å². The third kappa shape index (κ3) is 3.76. The van der Waals surface area contributed by atoms with Gasteiger partial charge >= 0.3 is 5.97 Å². The van der Waals surface area contributed by atoms with Crippen LogP contribution in [0.25, 0.3) is 0 Å². The second-order valence-corrected chi connectivity index (χ2v) is 6.60. The SMILES string of the molecule is CCOc1ccccc1NC(=O)COC(=O)c1cc2c(s1)CCC2. The molecule has 24 heavy (non-hydrogen) atoms. The molecule has 0 aliphatic heterocycles. The van der Waals surface area contributed by atoms with Gasteiger partial charge in [-0.3, -0.25) is 4.79 Å². The van der Waals surface area contributed by atoms with E-state index in [-0.39, 0.29) is 12.5 Å². The Morgan fingerprint density at radius 3 is 2.88 bits per heavy atom. The lowest BCUT2D eigenvalue weighted by molar-refractivity contribution is -0.119.